The van der Waals surface area contributed by atoms with Gasteiger partial charge in [-0.3, -0.25) is 10.4 Å². The van der Waals surface area contributed by atoms with Crippen molar-refractivity contribution in [2.24, 2.45) is 0 Å². The standard InChI is InChI=1S/C16H16ClN7OS/c1-9-18-13(21-20-9)11-5-6-24(8-11)16(25)19-15-23-22-14(26-15)10-3-2-4-12(17)7-10/h2-4,7,11H,5-6,8H2,1H3,(H,18,20,21)(H,19,23,25). The van der Waals surface area contributed by atoms with E-state index in [-0.39, 0.29) is 11.9 Å². The molecule has 1 aliphatic heterocycles. The van der Waals surface area contributed by atoms with Crippen molar-refractivity contribution in [2.45, 2.75) is 19.3 Å². The number of halogens is 1. The van der Waals surface area contributed by atoms with E-state index in [9.17, 15) is 4.79 Å². The second kappa shape index (κ2) is 7.00. The predicted octanol–water partition coefficient (Wildman–Crippen LogP) is 3.31. The zero-order valence-corrected chi connectivity index (χ0v) is 15.5. The molecule has 134 valence electrons. The number of nitrogens with one attached hydrogen (secondary N) is 2. The summed E-state index contributed by atoms with van der Waals surface area (Å²) in [5, 5.41) is 19.8. The van der Waals surface area contributed by atoms with Gasteiger partial charge in [-0.05, 0) is 25.5 Å². The average Bonchev–Trinajstić information content (AvgIpc) is 3.34. The number of H-pyrrole nitrogens is 1. The minimum Gasteiger partial charge on any atom is -0.324 e. The molecule has 0 bridgehead atoms. The summed E-state index contributed by atoms with van der Waals surface area (Å²) in [5.41, 5.74) is 0.872. The molecule has 2 N–H and O–H groups in total. The van der Waals surface area contributed by atoms with E-state index >= 15 is 0 Å². The van der Waals surface area contributed by atoms with Crippen LogP contribution in [0, 0.1) is 6.92 Å². The molecule has 3 heterocycles. The van der Waals surface area contributed by atoms with Crippen molar-refractivity contribution < 1.29 is 4.79 Å². The summed E-state index contributed by atoms with van der Waals surface area (Å²) in [4.78, 5) is 18.6. The molecule has 1 aliphatic rings. The summed E-state index contributed by atoms with van der Waals surface area (Å²) in [6.07, 6.45) is 0.842. The lowest BCUT2D eigenvalue weighted by molar-refractivity contribution is 0.222. The van der Waals surface area contributed by atoms with Crippen molar-refractivity contribution in [2.75, 3.05) is 18.4 Å². The van der Waals surface area contributed by atoms with Crippen molar-refractivity contribution >= 4 is 34.1 Å². The Morgan fingerprint density at radius 2 is 2.31 bits per heavy atom. The topological polar surface area (TPSA) is 99.7 Å². The van der Waals surface area contributed by atoms with Crippen LogP contribution in [0.4, 0.5) is 9.93 Å². The fourth-order valence-electron chi connectivity index (χ4n) is 2.88. The summed E-state index contributed by atoms with van der Waals surface area (Å²) < 4.78 is 0. The number of aryl methyl sites for hydroxylation is 1. The molecule has 0 saturated carbocycles. The zero-order valence-electron chi connectivity index (χ0n) is 13.9. The molecule has 0 spiro atoms. The van der Waals surface area contributed by atoms with Gasteiger partial charge in [0.05, 0.1) is 0 Å². The number of carbonyl (C=O) groups is 1. The lowest BCUT2D eigenvalue weighted by atomic mass is 10.1. The van der Waals surface area contributed by atoms with E-state index < -0.39 is 0 Å². The molecule has 0 aliphatic carbocycles. The molecular formula is C16H16ClN7OS. The fourth-order valence-corrected chi connectivity index (χ4v) is 3.80. The Bertz CT molecular complexity index is 940. The number of anilines is 1. The summed E-state index contributed by atoms with van der Waals surface area (Å²) in [5.74, 6) is 1.70. The highest BCUT2D eigenvalue weighted by Crippen LogP contribution is 2.29. The number of likely N-dealkylation sites (tertiary alicyclic amines) is 1. The van der Waals surface area contributed by atoms with Crippen molar-refractivity contribution in [3.8, 4) is 10.6 Å². The first-order valence-corrected chi connectivity index (χ1v) is 9.32. The minimum atomic E-state index is -0.187. The molecule has 10 heteroatoms. The van der Waals surface area contributed by atoms with Crippen LogP contribution in [-0.2, 0) is 0 Å². The maximum atomic E-state index is 12.5. The van der Waals surface area contributed by atoms with Gasteiger partial charge in [-0.25, -0.2) is 9.78 Å². The third kappa shape index (κ3) is 3.54. The third-order valence-electron chi connectivity index (χ3n) is 4.17. The summed E-state index contributed by atoms with van der Waals surface area (Å²) in [7, 11) is 0. The molecule has 3 aromatic rings. The molecule has 1 unspecified atom stereocenters. The number of urea groups is 1. The van der Waals surface area contributed by atoms with E-state index in [1.165, 1.54) is 11.3 Å². The quantitative estimate of drug-likeness (QED) is 0.715. The first-order valence-electron chi connectivity index (χ1n) is 8.13. The van der Waals surface area contributed by atoms with Crippen LogP contribution in [0.1, 0.15) is 24.0 Å². The first-order chi connectivity index (χ1) is 12.6. The van der Waals surface area contributed by atoms with Crippen LogP contribution in [0.5, 0.6) is 0 Å². The number of hydrogen-bond donors (Lipinski definition) is 2. The van der Waals surface area contributed by atoms with Crippen LogP contribution >= 0.6 is 22.9 Å². The second-order valence-electron chi connectivity index (χ2n) is 6.06. The maximum absolute atomic E-state index is 12.5. The Kier molecular flexibility index (Phi) is 4.56. The summed E-state index contributed by atoms with van der Waals surface area (Å²) in [6.45, 7) is 3.11. The first kappa shape index (κ1) is 16.9. The van der Waals surface area contributed by atoms with Crippen molar-refractivity contribution in [3.63, 3.8) is 0 Å². The van der Waals surface area contributed by atoms with Gasteiger partial charge in [-0.2, -0.15) is 5.10 Å². The molecular weight excluding hydrogens is 374 g/mol. The normalized spacial score (nSPS) is 16.8. The number of aromatic amines is 1. The van der Waals surface area contributed by atoms with E-state index in [1.807, 2.05) is 25.1 Å². The average molecular weight is 390 g/mol. The van der Waals surface area contributed by atoms with E-state index in [2.05, 4.69) is 30.7 Å². The Labute approximate surface area is 158 Å². The van der Waals surface area contributed by atoms with Gasteiger partial charge in [0.2, 0.25) is 5.13 Å². The minimum absolute atomic E-state index is 0.155. The SMILES string of the molecule is Cc1nc(C2CCN(C(=O)Nc3nnc(-c4cccc(Cl)c4)s3)C2)n[nH]1. The summed E-state index contributed by atoms with van der Waals surface area (Å²) >= 11 is 7.32. The number of amides is 2. The van der Waals surface area contributed by atoms with Crippen molar-refractivity contribution in [1.82, 2.24) is 30.3 Å². The number of aromatic nitrogens is 5. The highest BCUT2D eigenvalue weighted by atomic mass is 35.5. The van der Waals surface area contributed by atoms with Crippen LogP contribution < -0.4 is 5.32 Å². The number of carbonyl (C=O) groups excluding carboxylic acids is 1. The Morgan fingerprint density at radius 1 is 1.42 bits per heavy atom. The van der Waals surface area contributed by atoms with E-state index in [0.29, 0.717) is 28.3 Å². The van der Waals surface area contributed by atoms with Crippen molar-refractivity contribution in [3.05, 3.63) is 40.9 Å². The van der Waals surface area contributed by atoms with Gasteiger partial charge in [0, 0.05) is 29.6 Å². The summed E-state index contributed by atoms with van der Waals surface area (Å²) in [6, 6.07) is 7.19. The van der Waals surface area contributed by atoms with Gasteiger partial charge in [0.25, 0.3) is 0 Å². The van der Waals surface area contributed by atoms with Crippen LogP contribution in [0.2, 0.25) is 5.02 Å². The lowest BCUT2D eigenvalue weighted by Crippen LogP contribution is -2.32. The largest absolute Gasteiger partial charge is 0.324 e. The van der Waals surface area contributed by atoms with Crippen LogP contribution in [0.3, 0.4) is 0 Å². The van der Waals surface area contributed by atoms with Crippen LogP contribution in [0.25, 0.3) is 10.6 Å². The number of nitrogens with zero attached hydrogens (tertiary/aromatic N) is 5. The smallest absolute Gasteiger partial charge is 0.323 e. The fraction of sp³-hybridized carbons (Fsp3) is 0.312. The van der Waals surface area contributed by atoms with E-state index in [0.717, 1.165) is 23.6 Å². The zero-order chi connectivity index (χ0) is 18.1. The van der Waals surface area contributed by atoms with Gasteiger partial charge in [-0.1, -0.05) is 35.1 Å². The van der Waals surface area contributed by atoms with Gasteiger partial charge in [0.15, 0.2) is 5.82 Å². The Balaban J connectivity index is 1.40. The third-order valence-corrected chi connectivity index (χ3v) is 5.29. The van der Waals surface area contributed by atoms with E-state index in [4.69, 9.17) is 11.6 Å². The number of rotatable bonds is 3. The van der Waals surface area contributed by atoms with Gasteiger partial charge < -0.3 is 4.90 Å². The Morgan fingerprint density at radius 3 is 3.08 bits per heavy atom. The molecule has 8 nitrogen and oxygen atoms in total. The monoisotopic (exact) mass is 389 g/mol. The molecule has 0 radical (unpaired) electrons. The molecule has 1 fully saturated rings. The van der Waals surface area contributed by atoms with Gasteiger partial charge >= 0.3 is 6.03 Å². The maximum Gasteiger partial charge on any atom is 0.323 e. The second-order valence-corrected chi connectivity index (χ2v) is 7.48. The molecule has 1 saturated heterocycles. The number of benzene rings is 1. The van der Waals surface area contributed by atoms with E-state index in [1.54, 1.807) is 11.0 Å². The van der Waals surface area contributed by atoms with Crippen molar-refractivity contribution in [1.29, 1.82) is 0 Å². The lowest BCUT2D eigenvalue weighted by Gasteiger charge is -2.15. The predicted molar refractivity (Wildman–Crippen MR) is 99.4 cm³/mol. The van der Waals surface area contributed by atoms with Crippen LogP contribution in [0.15, 0.2) is 24.3 Å². The molecule has 1 aromatic carbocycles. The Hall–Kier alpha value is -2.52. The van der Waals surface area contributed by atoms with Gasteiger partial charge in [0.1, 0.15) is 10.8 Å². The highest BCUT2D eigenvalue weighted by molar-refractivity contribution is 7.18. The van der Waals surface area contributed by atoms with Gasteiger partial charge in [-0.15, -0.1) is 10.2 Å². The number of hydrogen-bond acceptors (Lipinski definition) is 6. The molecule has 2 amide bonds. The highest BCUT2D eigenvalue weighted by Gasteiger charge is 2.30. The van der Waals surface area contributed by atoms with Crippen LogP contribution in [-0.4, -0.2) is 49.4 Å². The molecule has 1 atom stereocenters. The molecule has 4 rings (SSSR count). The molecule has 26 heavy (non-hydrogen) atoms. The molecule has 2 aromatic heterocycles.